The predicted molar refractivity (Wildman–Crippen MR) is 72.5 cm³/mol. The van der Waals surface area contributed by atoms with E-state index in [4.69, 9.17) is 16.3 Å². The molecule has 7 heteroatoms. The molecule has 0 atom stereocenters. The van der Waals surface area contributed by atoms with E-state index in [-0.39, 0.29) is 11.8 Å². The van der Waals surface area contributed by atoms with Crippen LogP contribution in [0.4, 0.5) is 5.69 Å². The van der Waals surface area contributed by atoms with E-state index in [1.54, 1.807) is 29.6 Å². The number of hydrogen-bond donors (Lipinski definition) is 1. The number of carbonyl (C=O) groups excluding carboxylic acids is 2. The van der Waals surface area contributed by atoms with Crippen LogP contribution in [0.2, 0.25) is 5.15 Å². The third-order valence-electron chi connectivity index (χ3n) is 2.09. The molecule has 98 valence electrons. The smallest absolute Gasteiger partial charge is 0.348 e. The Balaban J connectivity index is 1.86. The first kappa shape index (κ1) is 13.5. The Morgan fingerprint density at radius 1 is 1.37 bits per heavy atom. The number of carbonyl (C=O) groups is 2. The second-order valence-corrected chi connectivity index (χ2v) is 4.75. The molecule has 0 fully saturated rings. The van der Waals surface area contributed by atoms with Gasteiger partial charge in [0, 0.05) is 6.20 Å². The van der Waals surface area contributed by atoms with Crippen LogP contribution in [0.3, 0.4) is 0 Å². The molecule has 0 bridgehead atoms. The molecule has 0 aliphatic carbocycles. The maximum atomic E-state index is 11.6. The quantitative estimate of drug-likeness (QED) is 0.695. The molecule has 5 nitrogen and oxygen atoms in total. The second kappa shape index (κ2) is 6.31. The van der Waals surface area contributed by atoms with Gasteiger partial charge >= 0.3 is 5.97 Å². The molecule has 2 aromatic heterocycles. The lowest BCUT2D eigenvalue weighted by Gasteiger charge is -2.06. The van der Waals surface area contributed by atoms with Gasteiger partial charge < -0.3 is 10.1 Å². The number of nitrogens with zero attached hydrogens (tertiary/aromatic N) is 1. The highest BCUT2D eigenvalue weighted by molar-refractivity contribution is 7.11. The minimum absolute atomic E-state index is 0.181. The van der Waals surface area contributed by atoms with Crippen LogP contribution < -0.4 is 5.32 Å². The zero-order chi connectivity index (χ0) is 13.7. The molecule has 0 saturated heterocycles. The van der Waals surface area contributed by atoms with Gasteiger partial charge in [-0.3, -0.25) is 4.79 Å². The Bertz CT molecular complexity index is 586. The van der Waals surface area contributed by atoms with E-state index >= 15 is 0 Å². The number of rotatable bonds is 4. The molecule has 19 heavy (non-hydrogen) atoms. The van der Waals surface area contributed by atoms with Gasteiger partial charge in [0.2, 0.25) is 0 Å². The molecule has 1 N–H and O–H groups in total. The maximum Gasteiger partial charge on any atom is 0.348 e. The number of pyridine rings is 1. The van der Waals surface area contributed by atoms with Gasteiger partial charge in [0.15, 0.2) is 11.8 Å². The lowest BCUT2D eigenvalue weighted by atomic mass is 10.4. The predicted octanol–water partition coefficient (Wildman–Crippen LogP) is 2.59. The van der Waals surface area contributed by atoms with Crippen LogP contribution >= 0.6 is 22.9 Å². The summed E-state index contributed by atoms with van der Waals surface area (Å²) in [6.45, 7) is -0.373. The summed E-state index contributed by atoms with van der Waals surface area (Å²) >= 11 is 7.03. The highest BCUT2D eigenvalue weighted by Crippen LogP contribution is 2.17. The number of nitrogens with one attached hydrogen (secondary N) is 1. The summed E-state index contributed by atoms with van der Waals surface area (Å²) in [5.74, 6) is -0.998. The third kappa shape index (κ3) is 3.77. The number of anilines is 1. The summed E-state index contributed by atoms with van der Waals surface area (Å²) in [5.41, 5.74) is 0.376. The van der Waals surface area contributed by atoms with E-state index in [0.717, 1.165) is 0 Å². The summed E-state index contributed by atoms with van der Waals surface area (Å²) in [6.07, 6.45) is 1.51. The first-order valence-electron chi connectivity index (χ1n) is 5.28. The van der Waals surface area contributed by atoms with Crippen molar-refractivity contribution in [3.63, 3.8) is 0 Å². The number of aromatic nitrogens is 1. The number of halogens is 1. The molecule has 2 aromatic rings. The lowest BCUT2D eigenvalue weighted by Crippen LogP contribution is -2.20. The monoisotopic (exact) mass is 296 g/mol. The number of ether oxygens (including phenoxy) is 1. The highest BCUT2D eigenvalue weighted by atomic mass is 35.5. The summed E-state index contributed by atoms with van der Waals surface area (Å²) in [5, 5.41) is 4.44. The summed E-state index contributed by atoms with van der Waals surface area (Å²) in [6, 6.07) is 6.60. The molecular formula is C12H9ClN2O3S. The van der Waals surface area contributed by atoms with Crippen LogP contribution in [0, 0.1) is 0 Å². The lowest BCUT2D eigenvalue weighted by molar-refractivity contribution is -0.119. The zero-order valence-electron chi connectivity index (χ0n) is 9.63. The van der Waals surface area contributed by atoms with Gasteiger partial charge in [0.05, 0.1) is 5.69 Å². The molecule has 0 radical (unpaired) electrons. The summed E-state index contributed by atoms with van der Waals surface area (Å²) in [7, 11) is 0. The molecule has 0 aromatic carbocycles. The van der Waals surface area contributed by atoms with Crippen molar-refractivity contribution >= 4 is 40.5 Å². The molecule has 1 amide bonds. The first-order chi connectivity index (χ1) is 9.16. The molecular weight excluding hydrogens is 288 g/mol. The molecule has 2 heterocycles. The van der Waals surface area contributed by atoms with Crippen molar-refractivity contribution in [1.29, 1.82) is 0 Å². The normalized spacial score (nSPS) is 9.95. The van der Waals surface area contributed by atoms with Crippen LogP contribution in [0.5, 0.6) is 0 Å². The van der Waals surface area contributed by atoms with Gasteiger partial charge in [0.25, 0.3) is 5.91 Å². The van der Waals surface area contributed by atoms with Crippen molar-refractivity contribution < 1.29 is 14.3 Å². The molecule has 0 saturated carbocycles. The summed E-state index contributed by atoms with van der Waals surface area (Å²) < 4.78 is 4.86. The van der Waals surface area contributed by atoms with E-state index in [0.29, 0.717) is 10.6 Å². The van der Waals surface area contributed by atoms with Crippen molar-refractivity contribution in [1.82, 2.24) is 4.98 Å². The Labute approximate surface area is 118 Å². The topological polar surface area (TPSA) is 68.3 Å². The number of esters is 1. The Hall–Kier alpha value is -1.92. The van der Waals surface area contributed by atoms with E-state index < -0.39 is 11.9 Å². The Morgan fingerprint density at radius 3 is 2.89 bits per heavy atom. The van der Waals surface area contributed by atoms with E-state index in [1.165, 1.54) is 17.5 Å². The Kier molecular flexibility index (Phi) is 4.48. The molecule has 2 rings (SSSR count). The fourth-order valence-corrected chi connectivity index (χ4v) is 2.05. The fourth-order valence-electron chi connectivity index (χ4n) is 1.26. The van der Waals surface area contributed by atoms with Crippen LogP contribution in [-0.4, -0.2) is 23.5 Å². The molecule has 0 aliphatic heterocycles. The van der Waals surface area contributed by atoms with E-state index in [2.05, 4.69) is 10.3 Å². The van der Waals surface area contributed by atoms with Gasteiger partial charge in [-0.15, -0.1) is 11.3 Å². The highest BCUT2D eigenvalue weighted by Gasteiger charge is 2.12. The van der Waals surface area contributed by atoms with E-state index in [1.807, 2.05) is 0 Å². The fraction of sp³-hybridized carbons (Fsp3) is 0.0833. The average Bonchev–Trinajstić information content (AvgIpc) is 2.93. The minimum Gasteiger partial charge on any atom is -0.451 e. The van der Waals surface area contributed by atoms with Crippen LogP contribution in [0.25, 0.3) is 0 Å². The van der Waals surface area contributed by atoms with Crippen molar-refractivity contribution in [2.24, 2.45) is 0 Å². The van der Waals surface area contributed by atoms with Crippen LogP contribution in [0.15, 0.2) is 35.8 Å². The minimum atomic E-state index is -0.526. The van der Waals surface area contributed by atoms with Gasteiger partial charge in [-0.2, -0.15) is 0 Å². The van der Waals surface area contributed by atoms with Crippen LogP contribution in [-0.2, 0) is 9.53 Å². The van der Waals surface area contributed by atoms with Gasteiger partial charge in [-0.05, 0) is 23.6 Å². The van der Waals surface area contributed by atoms with Crippen LogP contribution in [0.1, 0.15) is 9.67 Å². The SMILES string of the molecule is O=C(COC(=O)c1cccs1)Nc1cccnc1Cl. The molecule has 0 aliphatic rings. The average molecular weight is 297 g/mol. The standard InChI is InChI=1S/C12H9ClN2O3S/c13-11-8(3-1-5-14-11)15-10(16)7-18-12(17)9-4-2-6-19-9/h1-6H,7H2,(H,15,16). The number of thiophene rings is 1. The number of amides is 1. The van der Waals surface area contributed by atoms with Gasteiger partial charge in [-0.25, -0.2) is 9.78 Å². The molecule has 0 unspecified atom stereocenters. The van der Waals surface area contributed by atoms with Gasteiger partial charge in [0.1, 0.15) is 4.88 Å². The second-order valence-electron chi connectivity index (χ2n) is 3.44. The van der Waals surface area contributed by atoms with Gasteiger partial charge in [-0.1, -0.05) is 17.7 Å². The maximum absolute atomic E-state index is 11.6. The summed E-state index contributed by atoms with van der Waals surface area (Å²) in [4.78, 5) is 27.3. The molecule has 0 spiro atoms. The Morgan fingerprint density at radius 2 is 2.21 bits per heavy atom. The largest absolute Gasteiger partial charge is 0.451 e. The number of hydrogen-bond acceptors (Lipinski definition) is 5. The zero-order valence-corrected chi connectivity index (χ0v) is 11.2. The van der Waals surface area contributed by atoms with Crippen molar-refractivity contribution in [3.05, 3.63) is 45.9 Å². The van der Waals surface area contributed by atoms with Crippen molar-refractivity contribution in [2.75, 3.05) is 11.9 Å². The van der Waals surface area contributed by atoms with E-state index in [9.17, 15) is 9.59 Å². The third-order valence-corrected chi connectivity index (χ3v) is 3.24. The van der Waals surface area contributed by atoms with Crippen molar-refractivity contribution in [3.8, 4) is 0 Å². The first-order valence-corrected chi connectivity index (χ1v) is 6.53. The van der Waals surface area contributed by atoms with Crippen molar-refractivity contribution in [2.45, 2.75) is 0 Å².